The van der Waals surface area contributed by atoms with E-state index in [4.69, 9.17) is 16.3 Å². The number of anilines is 6. The quantitative estimate of drug-likeness (QED) is 0.441. The summed E-state index contributed by atoms with van der Waals surface area (Å²) in [5.41, 5.74) is 3.86. The second-order valence-corrected chi connectivity index (χ2v) is 9.45. The van der Waals surface area contributed by atoms with Crippen LogP contribution in [0.3, 0.4) is 0 Å². The van der Waals surface area contributed by atoms with E-state index >= 15 is 0 Å². The van der Waals surface area contributed by atoms with Gasteiger partial charge in [0.05, 0.1) is 25.1 Å². The Balaban J connectivity index is 1.28. The lowest BCUT2D eigenvalue weighted by Gasteiger charge is -2.34. The first-order valence-corrected chi connectivity index (χ1v) is 12.6. The van der Waals surface area contributed by atoms with Crippen molar-refractivity contribution >= 4 is 46.1 Å². The number of hydrogen-bond donors (Lipinski definition) is 2. The predicted molar refractivity (Wildman–Crippen MR) is 145 cm³/mol. The molecule has 2 aliphatic heterocycles. The molecule has 0 unspecified atom stereocenters. The second kappa shape index (κ2) is 11.2. The van der Waals surface area contributed by atoms with Crippen molar-refractivity contribution < 1.29 is 9.13 Å². The van der Waals surface area contributed by atoms with Crippen LogP contribution in [0.2, 0.25) is 5.02 Å². The van der Waals surface area contributed by atoms with E-state index in [1.807, 2.05) is 30.3 Å². The van der Waals surface area contributed by atoms with E-state index in [1.165, 1.54) is 5.69 Å². The maximum absolute atomic E-state index is 12.7. The molecule has 2 N–H and O–H groups in total. The van der Waals surface area contributed by atoms with Crippen LogP contribution in [0.25, 0.3) is 0 Å². The number of benzene rings is 2. The molecule has 0 aliphatic carbocycles. The number of rotatable bonds is 8. The Kier molecular flexibility index (Phi) is 7.58. The Morgan fingerprint density at radius 1 is 1.00 bits per heavy atom. The summed E-state index contributed by atoms with van der Waals surface area (Å²) in [6.07, 6.45) is 2.06. The summed E-state index contributed by atoms with van der Waals surface area (Å²) in [4.78, 5) is 15.8. The van der Waals surface area contributed by atoms with Gasteiger partial charge in [-0.1, -0.05) is 11.6 Å². The highest BCUT2D eigenvalue weighted by Crippen LogP contribution is 2.36. The van der Waals surface area contributed by atoms with Crippen molar-refractivity contribution in [1.82, 2.24) is 14.9 Å². The van der Waals surface area contributed by atoms with Gasteiger partial charge in [-0.2, -0.15) is 4.98 Å². The molecule has 2 aromatic carbocycles. The van der Waals surface area contributed by atoms with Gasteiger partial charge in [0.1, 0.15) is 17.4 Å². The molecule has 5 rings (SSSR count). The van der Waals surface area contributed by atoms with Crippen LogP contribution in [0.15, 0.2) is 48.7 Å². The lowest BCUT2D eigenvalue weighted by molar-refractivity contribution is 0.306. The van der Waals surface area contributed by atoms with Crippen molar-refractivity contribution in [1.29, 1.82) is 0 Å². The van der Waals surface area contributed by atoms with Gasteiger partial charge in [-0.05, 0) is 55.9 Å². The molecule has 10 heteroatoms. The molecular weight excluding hydrogens is 481 g/mol. The molecule has 1 saturated heterocycles. The molecule has 190 valence electrons. The van der Waals surface area contributed by atoms with Gasteiger partial charge >= 0.3 is 0 Å². The minimum absolute atomic E-state index is 0.338. The summed E-state index contributed by atoms with van der Waals surface area (Å²) in [6.45, 7) is 5.83. The van der Waals surface area contributed by atoms with E-state index < -0.39 is 0 Å². The normalized spacial score (nSPS) is 15.9. The van der Waals surface area contributed by atoms with E-state index in [9.17, 15) is 4.39 Å². The standard InChI is InChI=1S/C26H31ClFN7O/c1-33-11-13-34(14-12-33)21-6-3-19(4-7-21)31-26-29-18-22(27)25(32-26)30-20-5-8-24-23(17-20)35(10-2-9-28)15-16-36-24/h3-8,17-18H,2,9-16H2,1H3,(H2,29,30,31,32). The predicted octanol–water partition coefficient (Wildman–Crippen LogP) is 4.93. The zero-order valence-electron chi connectivity index (χ0n) is 20.4. The van der Waals surface area contributed by atoms with Gasteiger partial charge in [-0.15, -0.1) is 0 Å². The number of aromatic nitrogens is 2. The van der Waals surface area contributed by atoms with Crippen molar-refractivity contribution in [3.8, 4) is 5.75 Å². The van der Waals surface area contributed by atoms with Crippen molar-refractivity contribution in [3.63, 3.8) is 0 Å². The lowest BCUT2D eigenvalue weighted by Crippen LogP contribution is -2.44. The van der Waals surface area contributed by atoms with E-state index in [0.717, 1.165) is 55.5 Å². The number of halogens is 2. The monoisotopic (exact) mass is 511 g/mol. The molecule has 0 radical (unpaired) electrons. The topological polar surface area (TPSA) is 68.8 Å². The molecule has 3 heterocycles. The summed E-state index contributed by atoms with van der Waals surface area (Å²) in [6, 6.07) is 14.1. The molecule has 0 atom stereocenters. The van der Waals surface area contributed by atoms with Crippen LogP contribution in [0.4, 0.5) is 38.9 Å². The van der Waals surface area contributed by atoms with Crippen molar-refractivity contribution in [3.05, 3.63) is 53.7 Å². The first-order chi connectivity index (χ1) is 17.6. The van der Waals surface area contributed by atoms with Gasteiger partial charge in [0.15, 0.2) is 5.82 Å². The molecule has 0 spiro atoms. The fourth-order valence-corrected chi connectivity index (χ4v) is 4.57. The number of piperazine rings is 1. The molecule has 0 amide bonds. The Labute approximate surface area is 216 Å². The van der Waals surface area contributed by atoms with Gasteiger partial charge in [-0.25, -0.2) is 4.98 Å². The van der Waals surface area contributed by atoms with Gasteiger partial charge < -0.3 is 30.1 Å². The molecular formula is C26H31ClFN7O. The zero-order chi connectivity index (χ0) is 24.9. The van der Waals surface area contributed by atoms with E-state index in [-0.39, 0.29) is 6.67 Å². The summed E-state index contributed by atoms with van der Waals surface area (Å²) in [5, 5.41) is 6.97. The summed E-state index contributed by atoms with van der Waals surface area (Å²) in [5.74, 6) is 1.73. The number of nitrogens with zero attached hydrogens (tertiary/aromatic N) is 5. The van der Waals surface area contributed by atoms with Gasteiger partial charge in [0.25, 0.3) is 0 Å². The molecule has 36 heavy (non-hydrogen) atoms. The minimum Gasteiger partial charge on any atom is -0.490 e. The first kappa shape index (κ1) is 24.4. The van der Waals surface area contributed by atoms with Crippen LogP contribution in [0.5, 0.6) is 5.75 Å². The highest BCUT2D eigenvalue weighted by molar-refractivity contribution is 6.32. The molecule has 0 bridgehead atoms. The van der Waals surface area contributed by atoms with E-state index in [2.05, 4.69) is 54.5 Å². The van der Waals surface area contributed by atoms with Crippen molar-refractivity contribution in [2.24, 2.45) is 0 Å². The number of fused-ring (bicyclic) bond motifs is 1. The Bertz CT molecular complexity index is 1170. The Hall–Kier alpha value is -3.30. The fourth-order valence-electron chi connectivity index (χ4n) is 4.43. The fraction of sp³-hybridized carbons (Fsp3) is 0.385. The summed E-state index contributed by atoms with van der Waals surface area (Å²) in [7, 11) is 2.16. The molecule has 3 aromatic rings. The third kappa shape index (κ3) is 5.74. The highest BCUT2D eigenvalue weighted by Gasteiger charge is 2.19. The highest BCUT2D eigenvalue weighted by atomic mass is 35.5. The van der Waals surface area contributed by atoms with Gasteiger partial charge in [0, 0.05) is 49.8 Å². The second-order valence-electron chi connectivity index (χ2n) is 9.04. The largest absolute Gasteiger partial charge is 0.490 e. The van der Waals surface area contributed by atoms with Crippen LogP contribution in [-0.2, 0) is 0 Å². The maximum Gasteiger partial charge on any atom is 0.229 e. The van der Waals surface area contributed by atoms with Gasteiger partial charge in [0.2, 0.25) is 5.95 Å². The average molecular weight is 512 g/mol. The smallest absolute Gasteiger partial charge is 0.229 e. The Morgan fingerprint density at radius 3 is 2.56 bits per heavy atom. The molecule has 0 saturated carbocycles. The van der Waals surface area contributed by atoms with Crippen LogP contribution < -0.4 is 25.2 Å². The number of likely N-dealkylation sites (N-methyl/N-ethyl adjacent to an activating group) is 1. The maximum atomic E-state index is 12.7. The van der Waals surface area contributed by atoms with Crippen LogP contribution >= 0.6 is 11.6 Å². The van der Waals surface area contributed by atoms with E-state index in [0.29, 0.717) is 36.4 Å². The van der Waals surface area contributed by atoms with E-state index in [1.54, 1.807) is 6.20 Å². The molecule has 2 aliphatic rings. The third-order valence-corrected chi connectivity index (χ3v) is 6.76. The number of nitrogens with one attached hydrogen (secondary N) is 2. The summed E-state index contributed by atoms with van der Waals surface area (Å²) < 4.78 is 18.5. The van der Waals surface area contributed by atoms with Crippen molar-refractivity contribution in [2.75, 3.05) is 80.0 Å². The van der Waals surface area contributed by atoms with Crippen molar-refractivity contribution in [2.45, 2.75) is 6.42 Å². The SMILES string of the molecule is CN1CCN(c2ccc(Nc3ncc(Cl)c(Nc4ccc5c(c4)N(CCCF)CCO5)n3)cc2)CC1. The number of ether oxygens (including phenoxy) is 1. The minimum atomic E-state index is -0.338. The number of alkyl halides is 1. The Morgan fingerprint density at radius 2 is 1.78 bits per heavy atom. The molecule has 1 aromatic heterocycles. The van der Waals surface area contributed by atoms with Crippen LogP contribution in [0, 0.1) is 0 Å². The third-order valence-electron chi connectivity index (χ3n) is 6.48. The van der Waals surface area contributed by atoms with Crippen LogP contribution in [0.1, 0.15) is 6.42 Å². The first-order valence-electron chi connectivity index (χ1n) is 12.3. The summed E-state index contributed by atoms with van der Waals surface area (Å²) >= 11 is 6.41. The zero-order valence-corrected chi connectivity index (χ0v) is 21.1. The average Bonchev–Trinajstić information content (AvgIpc) is 2.90. The molecule has 1 fully saturated rings. The number of hydrogen-bond acceptors (Lipinski definition) is 8. The molecule has 8 nitrogen and oxygen atoms in total. The van der Waals surface area contributed by atoms with Gasteiger partial charge in [-0.3, -0.25) is 4.39 Å². The lowest BCUT2D eigenvalue weighted by atomic mass is 10.2. The van der Waals surface area contributed by atoms with Crippen LogP contribution in [-0.4, -0.2) is 74.5 Å².